The van der Waals surface area contributed by atoms with Crippen LogP contribution in [0.3, 0.4) is 0 Å². The number of hydrogen-bond acceptors (Lipinski definition) is 2. The summed E-state index contributed by atoms with van der Waals surface area (Å²) in [5.74, 6) is -0.393. The van der Waals surface area contributed by atoms with Gasteiger partial charge in [0, 0.05) is 5.92 Å². The van der Waals surface area contributed by atoms with Crippen molar-refractivity contribution in [3.63, 3.8) is 0 Å². The van der Waals surface area contributed by atoms with E-state index in [1.807, 2.05) is 27.7 Å². The van der Waals surface area contributed by atoms with E-state index >= 15 is 0 Å². The van der Waals surface area contributed by atoms with Gasteiger partial charge >= 0.3 is 0 Å². The van der Waals surface area contributed by atoms with Crippen molar-refractivity contribution in [3.05, 3.63) is 23.3 Å². The van der Waals surface area contributed by atoms with Crippen LogP contribution in [0, 0.1) is 23.7 Å². The van der Waals surface area contributed by atoms with Crippen molar-refractivity contribution in [1.29, 1.82) is 0 Å². The maximum Gasteiger partial charge on any atom is 0.231 e. The standard InChI is InChI=1S/C14H19NO2/c1-7(2)5-10-6-8(3)9(4)11-12(10)14(17)15-13(11)16/h5-6,9-12H,1-4H3,(H,15,16,17)/t9-,10+,11+,12-/m0/s1. The predicted molar refractivity (Wildman–Crippen MR) is 66.0 cm³/mol. The maximum absolute atomic E-state index is 11.9. The number of imide groups is 1. The van der Waals surface area contributed by atoms with Gasteiger partial charge in [0.25, 0.3) is 0 Å². The van der Waals surface area contributed by atoms with Crippen molar-refractivity contribution in [3.8, 4) is 0 Å². The van der Waals surface area contributed by atoms with E-state index in [2.05, 4.69) is 17.5 Å². The molecule has 0 aromatic carbocycles. The molecule has 0 aromatic rings. The lowest BCUT2D eigenvalue weighted by molar-refractivity contribution is -0.126. The number of fused-ring (bicyclic) bond motifs is 1. The summed E-state index contributed by atoms with van der Waals surface area (Å²) in [6.45, 7) is 8.11. The van der Waals surface area contributed by atoms with Gasteiger partial charge in [-0.15, -0.1) is 0 Å². The first-order valence-corrected chi connectivity index (χ1v) is 6.10. The molecule has 0 unspecified atom stereocenters. The first-order valence-electron chi connectivity index (χ1n) is 6.10. The molecule has 2 aliphatic rings. The SMILES string of the molecule is CC(C)=C[C@@H]1C=C(C)[C@H](C)[C@H]2C(=O)NC(=O)[C@@H]12. The molecule has 1 aliphatic carbocycles. The van der Waals surface area contributed by atoms with Crippen molar-refractivity contribution in [2.24, 2.45) is 23.7 Å². The Labute approximate surface area is 102 Å². The Bertz CT molecular complexity index is 430. The molecule has 17 heavy (non-hydrogen) atoms. The number of nitrogens with one attached hydrogen (secondary N) is 1. The van der Waals surface area contributed by atoms with Gasteiger partial charge in [-0.1, -0.05) is 30.2 Å². The van der Waals surface area contributed by atoms with Gasteiger partial charge < -0.3 is 0 Å². The summed E-state index contributed by atoms with van der Waals surface area (Å²) in [4.78, 5) is 23.7. The van der Waals surface area contributed by atoms with Gasteiger partial charge in [0.2, 0.25) is 11.8 Å². The van der Waals surface area contributed by atoms with Crippen LogP contribution in [0.5, 0.6) is 0 Å². The molecule has 3 heteroatoms. The fourth-order valence-corrected chi connectivity index (χ4v) is 2.95. The van der Waals surface area contributed by atoms with Crippen molar-refractivity contribution >= 4 is 11.8 Å². The largest absolute Gasteiger partial charge is 0.296 e. The molecule has 4 atom stereocenters. The molecule has 2 rings (SSSR count). The third kappa shape index (κ3) is 1.94. The zero-order valence-electron chi connectivity index (χ0n) is 10.8. The number of amides is 2. The lowest BCUT2D eigenvalue weighted by atomic mass is 9.69. The smallest absolute Gasteiger partial charge is 0.231 e. The zero-order chi connectivity index (χ0) is 12.7. The molecule has 92 valence electrons. The Hall–Kier alpha value is -1.38. The van der Waals surface area contributed by atoms with Gasteiger partial charge in [-0.25, -0.2) is 0 Å². The van der Waals surface area contributed by atoms with E-state index in [0.29, 0.717) is 0 Å². The highest BCUT2D eigenvalue weighted by molar-refractivity contribution is 6.06. The summed E-state index contributed by atoms with van der Waals surface area (Å²) >= 11 is 0. The van der Waals surface area contributed by atoms with Crippen LogP contribution in [0.1, 0.15) is 27.7 Å². The Balaban J connectivity index is 2.44. The van der Waals surface area contributed by atoms with Crippen LogP contribution in [-0.2, 0) is 9.59 Å². The molecule has 1 saturated heterocycles. The molecule has 0 radical (unpaired) electrons. The van der Waals surface area contributed by atoms with E-state index < -0.39 is 0 Å². The van der Waals surface area contributed by atoms with Crippen LogP contribution >= 0.6 is 0 Å². The number of hydrogen-bond donors (Lipinski definition) is 1. The van der Waals surface area contributed by atoms with Crippen molar-refractivity contribution in [2.75, 3.05) is 0 Å². The lowest BCUT2D eigenvalue weighted by Gasteiger charge is -2.32. The zero-order valence-corrected chi connectivity index (χ0v) is 10.8. The van der Waals surface area contributed by atoms with E-state index in [0.717, 1.165) is 0 Å². The van der Waals surface area contributed by atoms with E-state index in [4.69, 9.17) is 0 Å². The number of rotatable bonds is 1. The summed E-state index contributed by atoms with van der Waals surface area (Å²) in [6.07, 6.45) is 4.22. The summed E-state index contributed by atoms with van der Waals surface area (Å²) in [7, 11) is 0. The molecule has 0 spiro atoms. The molecule has 0 bridgehead atoms. The minimum Gasteiger partial charge on any atom is -0.296 e. The average Bonchev–Trinajstić information content (AvgIpc) is 2.49. The monoisotopic (exact) mass is 233 g/mol. The summed E-state index contributed by atoms with van der Waals surface area (Å²) < 4.78 is 0. The number of carbonyl (C=O) groups is 2. The Morgan fingerprint density at radius 2 is 1.82 bits per heavy atom. The van der Waals surface area contributed by atoms with Crippen molar-refractivity contribution in [1.82, 2.24) is 5.32 Å². The van der Waals surface area contributed by atoms with Crippen molar-refractivity contribution < 1.29 is 9.59 Å². The molecule has 0 saturated carbocycles. The molecule has 1 N–H and O–H groups in total. The molecule has 0 aromatic heterocycles. The summed E-state index contributed by atoms with van der Waals surface area (Å²) in [5, 5.41) is 2.47. The van der Waals surface area contributed by atoms with E-state index in [9.17, 15) is 9.59 Å². The molecular weight excluding hydrogens is 214 g/mol. The van der Waals surface area contributed by atoms with Gasteiger partial charge in [0.1, 0.15) is 0 Å². The highest BCUT2D eigenvalue weighted by Gasteiger charge is 2.49. The minimum absolute atomic E-state index is 0.0626. The van der Waals surface area contributed by atoms with Gasteiger partial charge in [0.05, 0.1) is 11.8 Å². The Kier molecular flexibility index (Phi) is 2.94. The van der Waals surface area contributed by atoms with Crippen LogP contribution in [0.15, 0.2) is 23.3 Å². The fraction of sp³-hybridized carbons (Fsp3) is 0.571. The quantitative estimate of drug-likeness (QED) is 0.556. The molecule has 1 heterocycles. The second-order valence-corrected chi connectivity index (χ2v) is 5.43. The highest BCUT2D eigenvalue weighted by Crippen LogP contribution is 2.42. The second kappa shape index (κ2) is 4.13. The van der Waals surface area contributed by atoms with Gasteiger partial charge in [-0.2, -0.15) is 0 Å². The van der Waals surface area contributed by atoms with Gasteiger partial charge in [-0.05, 0) is 26.7 Å². The summed E-state index contributed by atoms with van der Waals surface area (Å²) in [6, 6.07) is 0. The first-order chi connectivity index (χ1) is 7.91. The third-order valence-electron chi connectivity index (χ3n) is 3.89. The van der Waals surface area contributed by atoms with Gasteiger partial charge in [0.15, 0.2) is 0 Å². The number of carbonyl (C=O) groups excluding carboxylic acids is 2. The van der Waals surface area contributed by atoms with Crippen molar-refractivity contribution in [2.45, 2.75) is 27.7 Å². The molecule has 1 fully saturated rings. The van der Waals surface area contributed by atoms with Crippen LogP contribution < -0.4 is 5.32 Å². The Morgan fingerprint density at radius 3 is 2.41 bits per heavy atom. The minimum atomic E-state index is -0.212. The fourth-order valence-electron chi connectivity index (χ4n) is 2.95. The normalized spacial score (nSPS) is 36.1. The highest BCUT2D eigenvalue weighted by atomic mass is 16.2. The maximum atomic E-state index is 11.9. The van der Waals surface area contributed by atoms with Crippen LogP contribution in [0.2, 0.25) is 0 Å². The van der Waals surface area contributed by atoms with Crippen LogP contribution in [0.25, 0.3) is 0 Å². The third-order valence-corrected chi connectivity index (χ3v) is 3.89. The van der Waals surface area contributed by atoms with Crippen LogP contribution in [-0.4, -0.2) is 11.8 Å². The molecular formula is C14H19NO2. The number of allylic oxidation sites excluding steroid dienone is 4. The topological polar surface area (TPSA) is 46.2 Å². The lowest BCUT2D eigenvalue weighted by Crippen LogP contribution is -2.33. The molecule has 3 nitrogen and oxygen atoms in total. The second-order valence-electron chi connectivity index (χ2n) is 5.43. The van der Waals surface area contributed by atoms with E-state index in [1.54, 1.807) is 0 Å². The Morgan fingerprint density at radius 1 is 1.24 bits per heavy atom. The molecule has 2 amide bonds. The van der Waals surface area contributed by atoms with Crippen LogP contribution in [0.4, 0.5) is 0 Å². The summed E-state index contributed by atoms with van der Waals surface area (Å²) in [5.41, 5.74) is 2.39. The van der Waals surface area contributed by atoms with Gasteiger partial charge in [-0.3, -0.25) is 14.9 Å². The molecule has 1 aliphatic heterocycles. The van der Waals surface area contributed by atoms with E-state index in [-0.39, 0.29) is 35.5 Å². The first kappa shape index (κ1) is 12.1. The average molecular weight is 233 g/mol. The predicted octanol–water partition coefficient (Wildman–Crippen LogP) is 2.05. The van der Waals surface area contributed by atoms with E-state index in [1.165, 1.54) is 11.1 Å².